The lowest BCUT2D eigenvalue weighted by Gasteiger charge is -2.06. The topological polar surface area (TPSA) is 103 Å². The first-order valence-corrected chi connectivity index (χ1v) is 7.43. The van der Waals surface area contributed by atoms with E-state index < -0.39 is 0 Å². The molecular formula is C16H16N4O4. The third-order valence-corrected chi connectivity index (χ3v) is 3.14. The Morgan fingerprint density at radius 1 is 1.25 bits per heavy atom. The van der Waals surface area contributed by atoms with Crippen molar-refractivity contribution in [2.24, 2.45) is 0 Å². The maximum Gasteiger partial charge on any atom is 0.263 e. The molecule has 0 saturated carbocycles. The smallest absolute Gasteiger partial charge is 0.263 e. The van der Waals surface area contributed by atoms with Gasteiger partial charge in [0.2, 0.25) is 11.8 Å². The Morgan fingerprint density at radius 3 is 2.67 bits per heavy atom. The molecule has 0 bridgehead atoms. The summed E-state index contributed by atoms with van der Waals surface area (Å²) in [6, 6.07) is 8.68. The van der Waals surface area contributed by atoms with Crippen molar-refractivity contribution in [2.45, 2.75) is 20.3 Å². The van der Waals surface area contributed by atoms with Crippen molar-refractivity contribution in [1.82, 2.24) is 15.4 Å². The second-order valence-corrected chi connectivity index (χ2v) is 5.04. The molecule has 3 aromatic rings. The van der Waals surface area contributed by atoms with Crippen LogP contribution in [0, 0.1) is 6.92 Å². The molecule has 3 rings (SSSR count). The Balaban J connectivity index is 1.55. The highest BCUT2D eigenvalue weighted by molar-refractivity contribution is 5.90. The van der Waals surface area contributed by atoms with Crippen LogP contribution in [0.2, 0.25) is 0 Å². The van der Waals surface area contributed by atoms with Gasteiger partial charge in [-0.3, -0.25) is 4.79 Å². The minimum absolute atomic E-state index is 0.133. The second kappa shape index (κ2) is 6.95. The Bertz CT molecular complexity index is 823. The highest BCUT2D eigenvalue weighted by atomic mass is 16.5. The molecule has 8 nitrogen and oxygen atoms in total. The van der Waals surface area contributed by atoms with Crippen LogP contribution in [-0.2, 0) is 11.2 Å². The molecule has 1 N–H and O–H groups in total. The van der Waals surface area contributed by atoms with Crippen molar-refractivity contribution in [1.29, 1.82) is 0 Å². The number of rotatable bonds is 6. The summed E-state index contributed by atoms with van der Waals surface area (Å²) in [6.07, 6.45) is 0.689. The molecule has 124 valence electrons. The van der Waals surface area contributed by atoms with E-state index in [0.29, 0.717) is 35.5 Å². The minimum Gasteiger partial charge on any atom is -0.484 e. The number of nitrogens with one attached hydrogen (secondary N) is 1. The highest BCUT2D eigenvalue weighted by Crippen LogP contribution is 2.21. The summed E-state index contributed by atoms with van der Waals surface area (Å²) in [5.41, 5.74) is 0.789. The molecule has 0 spiro atoms. The summed E-state index contributed by atoms with van der Waals surface area (Å²) in [7, 11) is 0. The Kier molecular flexibility index (Phi) is 4.55. The maximum absolute atomic E-state index is 11.8. The number of ether oxygens (including phenoxy) is 1. The van der Waals surface area contributed by atoms with E-state index in [2.05, 4.69) is 20.7 Å². The van der Waals surface area contributed by atoms with Crippen molar-refractivity contribution in [3.8, 4) is 17.2 Å². The molecule has 0 radical (unpaired) electrons. The molecule has 1 amide bonds. The van der Waals surface area contributed by atoms with E-state index in [0.717, 1.165) is 5.56 Å². The van der Waals surface area contributed by atoms with E-state index >= 15 is 0 Å². The Morgan fingerprint density at radius 2 is 2.04 bits per heavy atom. The van der Waals surface area contributed by atoms with E-state index in [4.69, 9.17) is 13.7 Å². The fraction of sp³-hybridized carbons (Fsp3) is 0.250. The first kappa shape index (κ1) is 15.7. The van der Waals surface area contributed by atoms with Gasteiger partial charge in [-0.1, -0.05) is 12.1 Å². The van der Waals surface area contributed by atoms with Gasteiger partial charge in [0, 0.05) is 18.1 Å². The molecular weight excluding hydrogens is 312 g/mol. The monoisotopic (exact) mass is 328 g/mol. The first-order valence-electron chi connectivity index (χ1n) is 7.43. The molecule has 0 aliphatic carbocycles. The first-order chi connectivity index (χ1) is 11.6. The van der Waals surface area contributed by atoms with Gasteiger partial charge in [-0.25, -0.2) is 0 Å². The summed E-state index contributed by atoms with van der Waals surface area (Å²) in [6.45, 7) is 3.55. The number of hydrogen-bond acceptors (Lipinski definition) is 7. The number of amides is 1. The lowest BCUT2D eigenvalue weighted by Crippen LogP contribution is -2.20. The zero-order valence-corrected chi connectivity index (χ0v) is 13.3. The zero-order chi connectivity index (χ0) is 16.9. The van der Waals surface area contributed by atoms with Gasteiger partial charge in [-0.15, -0.1) is 10.2 Å². The molecule has 0 aliphatic heterocycles. The minimum atomic E-state index is -0.322. The molecule has 24 heavy (non-hydrogen) atoms. The quantitative estimate of drug-likeness (QED) is 0.741. The predicted molar refractivity (Wildman–Crippen MR) is 84.5 cm³/mol. The van der Waals surface area contributed by atoms with E-state index in [-0.39, 0.29) is 12.5 Å². The summed E-state index contributed by atoms with van der Waals surface area (Å²) >= 11 is 0. The van der Waals surface area contributed by atoms with Gasteiger partial charge in [0.05, 0.1) is 0 Å². The van der Waals surface area contributed by atoms with Crippen molar-refractivity contribution in [3.05, 3.63) is 42.0 Å². The number of hydrogen-bond donors (Lipinski definition) is 1. The van der Waals surface area contributed by atoms with Crippen LogP contribution in [0.5, 0.6) is 5.75 Å². The average Bonchev–Trinajstić information content (AvgIpc) is 3.22. The van der Waals surface area contributed by atoms with Crippen LogP contribution in [0.4, 0.5) is 5.82 Å². The van der Waals surface area contributed by atoms with Gasteiger partial charge >= 0.3 is 0 Å². The lowest BCUT2D eigenvalue weighted by molar-refractivity contribution is -0.118. The van der Waals surface area contributed by atoms with Crippen molar-refractivity contribution < 1.29 is 18.5 Å². The molecule has 0 aliphatic rings. The third kappa shape index (κ3) is 3.78. The Hall–Kier alpha value is -3.16. The van der Waals surface area contributed by atoms with Gasteiger partial charge in [0.25, 0.3) is 5.91 Å². The third-order valence-electron chi connectivity index (χ3n) is 3.14. The number of carbonyl (C=O) groups is 1. The van der Waals surface area contributed by atoms with Gasteiger partial charge in [0.15, 0.2) is 12.4 Å². The summed E-state index contributed by atoms with van der Waals surface area (Å²) < 4.78 is 15.8. The molecule has 8 heteroatoms. The summed E-state index contributed by atoms with van der Waals surface area (Å²) in [5, 5.41) is 14.1. The van der Waals surface area contributed by atoms with Gasteiger partial charge in [-0.2, -0.15) is 0 Å². The SMILES string of the molecule is CCc1nnc(-c2ccc(OCC(=O)Nc3cc(C)on3)cc2)o1. The second-order valence-electron chi connectivity index (χ2n) is 5.04. The fourth-order valence-electron chi connectivity index (χ4n) is 1.96. The fourth-order valence-corrected chi connectivity index (χ4v) is 1.96. The van der Waals surface area contributed by atoms with Crippen LogP contribution >= 0.6 is 0 Å². The molecule has 0 saturated heterocycles. The van der Waals surface area contributed by atoms with Crippen molar-refractivity contribution >= 4 is 11.7 Å². The highest BCUT2D eigenvalue weighted by Gasteiger charge is 2.09. The predicted octanol–water partition coefficient (Wildman–Crippen LogP) is 2.61. The van der Waals surface area contributed by atoms with E-state index in [1.54, 1.807) is 37.3 Å². The number of aromatic nitrogens is 3. The molecule has 2 aromatic heterocycles. The number of aryl methyl sites for hydroxylation is 2. The van der Waals surface area contributed by atoms with Crippen LogP contribution in [0.1, 0.15) is 18.6 Å². The lowest BCUT2D eigenvalue weighted by atomic mass is 10.2. The zero-order valence-electron chi connectivity index (χ0n) is 13.3. The molecule has 2 heterocycles. The number of nitrogens with zero attached hydrogens (tertiary/aromatic N) is 3. The Labute approximate surface area is 137 Å². The van der Waals surface area contributed by atoms with Crippen molar-refractivity contribution in [2.75, 3.05) is 11.9 Å². The van der Waals surface area contributed by atoms with Crippen LogP contribution in [0.25, 0.3) is 11.5 Å². The van der Waals surface area contributed by atoms with E-state index in [1.807, 2.05) is 6.92 Å². The van der Waals surface area contributed by atoms with E-state index in [9.17, 15) is 4.79 Å². The molecule has 1 aromatic carbocycles. The number of anilines is 1. The van der Waals surface area contributed by atoms with Crippen molar-refractivity contribution in [3.63, 3.8) is 0 Å². The normalized spacial score (nSPS) is 10.6. The molecule has 0 fully saturated rings. The van der Waals surface area contributed by atoms with E-state index in [1.165, 1.54) is 0 Å². The van der Waals surface area contributed by atoms with Gasteiger partial charge in [0.1, 0.15) is 11.5 Å². The average molecular weight is 328 g/mol. The van der Waals surface area contributed by atoms with Gasteiger partial charge in [-0.05, 0) is 31.2 Å². The largest absolute Gasteiger partial charge is 0.484 e. The van der Waals surface area contributed by atoms with Crippen LogP contribution in [-0.4, -0.2) is 27.9 Å². The number of carbonyl (C=O) groups excluding carboxylic acids is 1. The standard InChI is InChI=1S/C16H16N4O4/c1-3-15-18-19-16(23-15)11-4-6-12(7-5-11)22-9-14(21)17-13-8-10(2)24-20-13/h4-8H,3,9H2,1-2H3,(H,17,20,21). The van der Waals surface area contributed by atoms with Gasteiger partial charge < -0.3 is 19.0 Å². The molecule has 0 unspecified atom stereocenters. The summed E-state index contributed by atoms with van der Waals surface area (Å²) in [5.74, 6) is 2.26. The number of benzene rings is 1. The maximum atomic E-state index is 11.8. The molecule has 0 atom stereocenters. The summed E-state index contributed by atoms with van der Waals surface area (Å²) in [4.78, 5) is 11.8. The van der Waals surface area contributed by atoms with Crippen LogP contribution < -0.4 is 10.1 Å². The van der Waals surface area contributed by atoms with Crippen LogP contribution in [0.3, 0.4) is 0 Å². The van der Waals surface area contributed by atoms with Crippen LogP contribution in [0.15, 0.2) is 39.3 Å².